The number of hydrogen-bond donors (Lipinski definition) is 1. The van der Waals surface area contributed by atoms with Crippen LogP contribution in [0.3, 0.4) is 0 Å². The normalized spacial score (nSPS) is 11.0. The largest absolute Gasteiger partial charge is 0.381 e. The predicted molar refractivity (Wildman–Crippen MR) is 68.6 cm³/mol. The zero-order chi connectivity index (χ0) is 12.3. The van der Waals surface area contributed by atoms with Gasteiger partial charge in [0, 0.05) is 36.1 Å². The van der Waals surface area contributed by atoms with E-state index in [4.69, 9.17) is 5.73 Å². The molecule has 5 nitrogen and oxygen atoms in total. The van der Waals surface area contributed by atoms with Crippen LogP contribution in [0, 0.1) is 0 Å². The van der Waals surface area contributed by atoms with Crippen LogP contribution in [0.15, 0.2) is 29.9 Å². The van der Waals surface area contributed by atoms with Crippen LogP contribution < -0.4 is 5.73 Å². The average molecular weight is 249 g/mol. The quantitative estimate of drug-likeness (QED) is 0.841. The van der Waals surface area contributed by atoms with Gasteiger partial charge in [0.1, 0.15) is 5.03 Å². The molecular formula is C11H15N5S. The molecule has 0 saturated heterocycles. The van der Waals surface area contributed by atoms with E-state index < -0.39 is 0 Å². The first-order valence-electron chi connectivity index (χ1n) is 5.38. The van der Waals surface area contributed by atoms with Gasteiger partial charge in [-0.3, -0.25) is 0 Å². The van der Waals surface area contributed by atoms with Crippen molar-refractivity contribution in [1.29, 1.82) is 0 Å². The third-order valence-electron chi connectivity index (χ3n) is 2.35. The van der Waals surface area contributed by atoms with E-state index in [-0.39, 0.29) is 0 Å². The molecule has 2 aromatic heterocycles. The Morgan fingerprint density at radius 1 is 1.35 bits per heavy atom. The fourth-order valence-corrected chi connectivity index (χ4v) is 2.34. The Hall–Kier alpha value is -1.56. The molecule has 17 heavy (non-hydrogen) atoms. The van der Waals surface area contributed by atoms with Crippen LogP contribution in [0.4, 0.5) is 5.82 Å². The van der Waals surface area contributed by atoms with Gasteiger partial charge in [0.25, 0.3) is 0 Å². The van der Waals surface area contributed by atoms with Crippen molar-refractivity contribution in [3.63, 3.8) is 0 Å². The van der Waals surface area contributed by atoms with Crippen LogP contribution in [0.1, 0.15) is 25.6 Å². The Morgan fingerprint density at radius 2 is 2.12 bits per heavy atom. The highest BCUT2D eigenvalue weighted by Gasteiger charge is 2.08. The molecule has 2 heterocycles. The maximum atomic E-state index is 5.74. The summed E-state index contributed by atoms with van der Waals surface area (Å²) in [6.07, 6.45) is 6.97. The maximum absolute atomic E-state index is 5.74. The molecule has 0 aliphatic rings. The molecule has 0 saturated carbocycles. The molecule has 2 N–H and O–H groups in total. The number of imidazole rings is 1. The second kappa shape index (κ2) is 5.18. The molecule has 2 aromatic rings. The van der Waals surface area contributed by atoms with E-state index in [1.807, 2.05) is 12.5 Å². The Bertz CT molecular complexity index is 494. The lowest BCUT2D eigenvalue weighted by atomic mass is 10.4. The van der Waals surface area contributed by atoms with E-state index in [2.05, 4.69) is 33.4 Å². The van der Waals surface area contributed by atoms with Gasteiger partial charge >= 0.3 is 0 Å². The summed E-state index contributed by atoms with van der Waals surface area (Å²) in [5.74, 6) is 1.27. The van der Waals surface area contributed by atoms with Crippen LogP contribution in [0.5, 0.6) is 0 Å². The van der Waals surface area contributed by atoms with Crippen molar-refractivity contribution in [2.45, 2.75) is 30.7 Å². The zero-order valence-corrected chi connectivity index (χ0v) is 10.7. The minimum Gasteiger partial charge on any atom is -0.381 e. The fourth-order valence-electron chi connectivity index (χ4n) is 1.50. The van der Waals surface area contributed by atoms with E-state index in [0.717, 1.165) is 16.5 Å². The zero-order valence-electron chi connectivity index (χ0n) is 9.87. The highest BCUT2D eigenvalue weighted by atomic mass is 32.2. The summed E-state index contributed by atoms with van der Waals surface area (Å²) in [6.45, 7) is 4.26. The van der Waals surface area contributed by atoms with E-state index in [9.17, 15) is 0 Å². The number of nitrogens with zero attached hydrogens (tertiary/aromatic N) is 4. The highest BCUT2D eigenvalue weighted by molar-refractivity contribution is 7.98. The monoisotopic (exact) mass is 249 g/mol. The molecule has 90 valence electrons. The minimum atomic E-state index is 0.410. The molecule has 2 rings (SSSR count). The lowest BCUT2D eigenvalue weighted by Crippen LogP contribution is -2.03. The summed E-state index contributed by atoms with van der Waals surface area (Å²) in [5.41, 5.74) is 6.90. The molecule has 0 radical (unpaired) electrons. The number of anilines is 1. The molecule has 0 bridgehead atoms. The van der Waals surface area contributed by atoms with Gasteiger partial charge in [0.2, 0.25) is 0 Å². The van der Waals surface area contributed by atoms with Gasteiger partial charge in [-0.2, -0.15) is 0 Å². The molecule has 0 aromatic carbocycles. The summed E-state index contributed by atoms with van der Waals surface area (Å²) in [6, 6.07) is 0.410. The van der Waals surface area contributed by atoms with Crippen molar-refractivity contribution in [3.05, 3.63) is 30.6 Å². The smallest absolute Gasteiger partial charge is 0.156 e. The predicted octanol–water partition coefficient (Wildman–Crippen LogP) is 2.13. The molecule has 0 spiro atoms. The van der Waals surface area contributed by atoms with Crippen LogP contribution in [-0.4, -0.2) is 19.5 Å². The number of rotatable bonds is 4. The summed E-state index contributed by atoms with van der Waals surface area (Å²) in [4.78, 5) is 12.4. The minimum absolute atomic E-state index is 0.410. The van der Waals surface area contributed by atoms with Crippen molar-refractivity contribution >= 4 is 17.6 Å². The third kappa shape index (κ3) is 2.76. The number of aromatic nitrogens is 4. The number of thioether (sulfide) groups is 1. The van der Waals surface area contributed by atoms with Gasteiger partial charge in [-0.25, -0.2) is 15.0 Å². The number of nitrogen functional groups attached to an aromatic ring is 1. The van der Waals surface area contributed by atoms with E-state index in [1.54, 1.807) is 24.2 Å². The third-order valence-corrected chi connectivity index (χ3v) is 3.38. The van der Waals surface area contributed by atoms with Crippen molar-refractivity contribution in [2.75, 3.05) is 5.73 Å². The average Bonchev–Trinajstić information content (AvgIpc) is 2.76. The van der Waals surface area contributed by atoms with Crippen molar-refractivity contribution in [2.24, 2.45) is 0 Å². The summed E-state index contributed by atoms with van der Waals surface area (Å²) in [5, 5.41) is 0.768. The van der Waals surface area contributed by atoms with Gasteiger partial charge in [-0.1, -0.05) is 11.8 Å². The first-order valence-corrected chi connectivity index (χ1v) is 6.37. The van der Waals surface area contributed by atoms with Crippen LogP contribution >= 0.6 is 11.8 Å². The van der Waals surface area contributed by atoms with Gasteiger partial charge in [0.05, 0.1) is 6.33 Å². The summed E-state index contributed by atoms with van der Waals surface area (Å²) >= 11 is 1.58. The van der Waals surface area contributed by atoms with Gasteiger partial charge in [-0.15, -0.1) is 0 Å². The van der Waals surface area contributed by atoms with Gasteiger partial charge in [-0.05, 0) is 13.8 Å². The first kappa shape index (κ1) is 11.9. The first-order chi connectivity index (χ1) is 8.18. The Morgan fingerprint density at radius 3 is 2.82 bits per heavy atom. The van der Waals surface area contributed by atoms with E-state index in [1.165, 1.54) is 0 Å². The lowest BCUT2D eigenvalue weighted by Gasteiger charge is -2.11. The molecule has 0 aliphatic heterocycles. The SMILES string of the molecule is CC(C)n1cncc1CSc1nccnc1N. The lowest BCUT2D eigenvalue weighted by molar-refractivity contribution is 0.584. The molecule has 0 unspecified atom stereocenters. The summed E-state index contributed by atoms with van der Waals surface area (Å²) < 4.78 is 2.14. The molecule has 6 heteroatoms. The van der Waals surface area contributed by atoms with E-state index in [0.29, 0.717) is 11.9 Å². The van der Waals surface area contributed by atoms with Gasteiger partial charge in [0.15, 0.2) is 5.82 Å². The number of hydrogen-bond acceptors (Lipinski definition) is 5. The van der Waals surface area contributed by atoms with Gasteiger partial charge < -0.3 is 10.3 Å². The molecule has 0 aliphatic carbocycles. The van der Waals surface area contributed by atoms with Crippen LogP contribution in [0.25, 0.3) is 0 Å². The second-order valence-corrected chi connectivity index (χ2v) is 4.89. The number of nitrogens with two attached hydrogens (primary N) is 1. The molecular weight excluding hydrogens is 234 g/mol. The molecule has 0 atom stereocenters. The topological polar surface area (TPSA) is 69.6 Å². The Labute approximate surface area is 104 Å². The Balaban J connectivity index is 2.08. The van der Waals surface area contributed by atoms with Crippen molar-refractivity contribution in [1.82, 2.24) is 19.5 Å². The van der Waals surface area contributed by atoms with Crippen LogP contribution in [-0.2, 0) is 5.75 Å². The highest BCUT2D eigenvalue weighted by Crippen LogP contribution is 2.24. The standard InChI is InChI=1S/C11H15N5S/c1-8(2)16-7-13-5-9(16)6-17-11-10(12)14-3-4-15-11/h3-5,7-8H,6H2,1-2H3,(H2,12,14). The van der Waals surface area contributed by atoms with E-state index >= 15 is 0 Å². The van der Waals surface area contributed by atoms with Crippen LogP contribution in [0.2, 0.25) is 0 Å². The van der Waals surface area contributed by atoms with Crippen molar-refractivity contribution in [3.8, 4) is 0 Å². The van der Waals surface area contributed by atoms with Crippen molar-refractivity contribution < 1.29 is 0 Å². The molecule has 0 fully saturated rings. The molecule has 0 amide bonds. The Kier molecular flexibility index (Phi) is 3.63. The second-order valence-electron chi connectivity index (χ2n) is 3.92. The maximum Gasteiger partial charge on any atom is 0.156 e. The fraction of sp³-hybridized carbons (Fsp3) is 0.364. The summed E-state index contributed by atoms with van der Waals surface area (Å²) in [7, 11) is 0.